The van der Waals surface area contributed by atoms with Crippen molar-refractivity contribution >= 4 is 23.4 Å². The highest BCUT2D eigenvalue weighted by Gasteiger charge is 2.25. The number of rotatable bonds is 9. The van der Waals surface area contributed by atoms with Crippen LogP contribution in [0.25, 0.3) is 11.4 Å². The molecule has 7 nitrogen and oxygen atoms in total. The van der Waals surface area contributed by atoms with Crippen molar-refractivity contribution in [2.24, 2.45) is 0 Å². The van der Waals surface area contributed by atoms with Crippen molar-refractivity contribution < 1.29 is 9.53 Å². The van der Waals surface area contributed by atoms with Crippen LogP contribution in [0.2, 0.25) is 0 Å². The van der Waals surface area contributed by atoms with Gasteiger partial charge < -0.3 is 9.64 Å². The lowest BCUT2D eigenvalue weighted by atomic mass is 9.95. The van der Waals surface area contributed by atoms with Gasteiger partial charge in [-0.2, -0.15) is 5.26 Å². The first-order valence-electron chi connectivity index (χ1n) is 11.7. The summed E-state index contributed by atoms with van der Waals surface area (Å²) >= 11 is 1.42. The Labute approximate surface area is 204 Å². The third kappa shape index (κ3) is 5.60. The molecule has 34 heavy (non-hydrogen) atoms. The summed E-state index contributed by atoms with van der Waals surface area (Å²) in [6.07, 6.45) is 6.07. The minimum absolute atomic E-state index is 0.0457. The summed E-state index contributed by atoms with van der Waals surface area (Å²) in [4.78, 5) is 14.9. The minimum atomic E-state index is -0.0457. The number of nitriles is 1. The van der Waals surface area contributed by atoms with Gasteiger partial charge in [0.2, 0.25) is 5.91 Å². The van der Waals surface area contributed by atoms with Crippen molar-refractivity contribution in [2.75, 3.05) is 24.3 Å². The van der Waals surface area contributed by atoms with Gasteiger partial charge in [-0.25, -0.2) is 0 Å². The molecule has 2 aromatic carbocycles. The zero-order chi connectivity index (χ0) is 23.8. The number of hydrogen-bond donors (Lipinski definition) is 0. The Hall–Kier alpha value is -3.31. The van der Waals surface area contributed by atoms with Crippen LogP contribution in [0.5, 0.6) is 5.75 Å². The molecule has 0 aliphatic heterocycles. The minimum Gasteiger partial charge on any atom is -0.497 e. The summed E-state index contributed by atoms with van der Waals surface area (Å²) in [6.45, 7) is 0.367. The first kappa shape index (κ1) is 23.8. The Bertz CT molecular complexity index is 1120. The maximum absolute atomic E-state index is 13.2. The Morgan fingerprint density at radius 1 is 1.12 bits per heavy atom. The molecule has 1 amide bonds. The smallest absolute Gasteiger partial charge is 0.237 e. The van der Waals surface area contributed by atoms with Crippen LogP contribution in [-0.2, 0) is 4.79 Å². The van der Waals surface area contributed by atoms with Gasteiger partial charge in [0.25, 0.3) is 0 Å². The highest BCUT2D eigenvalue weighted by atomic mass is 32.2. The molecule has 1 heterocycles. The van der Waals surface area contributed by atoms with E-state index in [0.717, 1.165) is 40.8 Å². The number of ether oxygens (including phenoxy) is 1. The van der Waals surface area contributed by atoms with Gasteiger partial charge in [-0.15, -0.1) is 10.2 Å². The molecule has 0 spiro atoms. The second kappa shape index (κ2) is 11.7. The van der Waals surface area contributed by atoms with Crippen LogP contribution in [0.3, 0.4) is 0 Å². The lowest BCUT2D eigenvalue weighted by Crippen LogP contribution is -2.33. The summed E-state index contributed by atoms with van der Waals surface area (Å²) in [5, 5.41) is 18.8. The lowest BCUT2D eigenvalue weighted by molar-refractivity contribution is -0.116. The highest BCUT2D eigenvalue weighted by Crippen LogP contribution is 2.36. The van der Waals surface area contributed by atoms with Gasteiger partial charge in [0.1, 0.15) is 5.75 Å². The second-order valence-electron chi connectivity index (χ2n) is 8.27. The van der Waals surface area contributed by atoms with Crippen molar-refractivity contribution in [2.45, 2.75) is 49.7 Å². The van der Waals surface area contributed by atoms with E-state index in [9.17, 15) is 4.79 Å². The molecule has 1 saturated carbocycles. The molecule has 1 fully saturated rings. The van der Waals surface area contributed by atoms with Gasteiger partial charge in [-0.1, -0.05) is 49.2 Å². The van der Waals surface area contributed by atoms with Gasteiger partial charge in [0.05, 0.1) is 25.4 Å². The number of methoxy groups -OCH3 is 1. The van der Waals surface area contributed by atoms with Crippen LogP contribution in [0.15, 0.2) is 59.8 Å². The van der Waals surface area contributed by atoms with Crippen LogP contribution in [0.4, 0.5) is 5.69 Å². The fraction of sp³-hybridized carbons (Fsp3) is 0.385. The topological polar surface area (TPSA) is 84.0 Å². The maximum atomic E-state index is 13.2. The van der Waals surface area contributed by atoms with Crippen molar-refractivity contribution in [1.82, 2.24) is 14.8 Å². The number of nitrogens with zero attached hydrogens (tertiary/aromatic N) is 5. The summed E-state index contributed by atoms with van der Waals surface area (Å²) in [7, 11) is 1.65. The third-order valence-electron chi connectivity index (χ3n) is 6.09. The molecular formula is C26H29N5O2S. The number of carbonyl (C=O) groups is 1. The average Bonchev–Trinajstić information content (AvgIpc) is 3.33. The van der Waals surface area contributed by atoms with Gasteiger partial charge in [0.15, 0.2) is 11.0 Å². The third-order valence-corrected chi connectivity index (χ3v) is 7.02. The number of anilines is 1. The molecular weight excluding hydrogens is 446 g/mol. The second-order valence-corrected chi connectivity index (χ2v) is 9.22. The van der Waals surface area contributed by atoms with Gasteiger partial charge >= 0.3 is 0 Å². The van der Waals surface area contributed by atoms with E-state index in [4.69, 9.17) is 10.00 Å². The number of thioether (sulfide) groups is 1. The number of para-hydroxylation sites is 1. The van der Waals surface area contributed by atoms with E-state index in [0.29, 0.717) is 12.6 Å². The SMILES string of the molecule is COc1ccc(-c2nnc(SCC(=O)N(CCC#N)c3ccccc3)n2C2CCCCC2)cc1. The molecule has 3 aromatic rings. The van der Waals surface area contributed by atoms with Crippen molar-refractivity contribution in [3.8, 4) is 23.2 Å². The van der Waals surface area contributed by atoms with E-state index in [1.807, 2.05) is 54.6 Å². The zero-order valence-electron chi connectivity index (χ0n) is 19.4. The zero-order valence-corrected chi connectivity index (χ0v) is 20.2. The largest absolute Gasteiger partial charge is 0.497 e. The summed E-state index contributed by atoms with van der Waals surface area (Å²) in [5.41, 5.74) is 1.79. The number of benzene rings is 2. The van der Waals surface area contributed by atoms with E-state index in [-0.39, 0.29) is 18.1 Å². The summed E-state index contributed by atoms with van der Waals surface area (Å²) in [6, 6.07) is 19.8. The van der Waals surface area contributed by atoms with Crippen LogP contribution in [-0.4, -0.2) is 40.1 Å². The Morgan fingerprint density at radius 2 is 1.85 bits per heavy atom. The van der Waals surface area contributed by atoms with Crippen molar-refractivity contribution in [1.29, 1.82) is 5.26 Å². The summed E-state index contributed by atoms with van der Waals surface area (Å²) in [5.74, 6) is 1.81. The first-order chi connectivity index (χ1) is 16.7. The Kier molecular flexibility index (Phi) is 8.21. The number of amides is 1. The van der Waals surface area contributed by atoms with Gasteiger partial charge in [-0.05, 0) is 49.2 Å². The average molecular weight is 476 g/mol. The predicted molar refractivity (Wildman–Crippen MR) is 134 cm³/mol. The molecule has 0 saturated heterocycles. The summed E-state index contributed by atoms with van der Waals surface area (Å²) < 4.78 is 7.52. The molecule has 1 aliphatic rings. The van der Waals surface area contributed by atoms with Crippen LogP contribution < -0.4 is 9.64 Å². The van der Waals surface area contributed by atoms with Gasteiger partial charge in [-0.3, -0.25) is 9.36 Å². The van der Waals surface area contributed by atoms with E-state index in [1.54, 1.807) is 12.0 Å². The highest BCUT2D eigenvalue weighted by molar-refractivity contribution is 7.99. The number of aromatic nitrogens is 3. The van der Waals surface area contributed by atoms with Gasteiger partial charge in [0, 0.05) is 23.8 Å². The normalized spacial score (nSPS) is 13.9. The van der Waals surface area contributed by atoms with Crippen molar-refractivity contribution in [3.63, 3.8) is 0 Å². The molecule has 8 heteroatoms. The molecule has 1 aromatic heterocycles. The fourth-order valence-corrected chi connectivity index (χ4v) is 5.23. The fourth-order valence-electron chi connectivity index (χ4n) is 4.35. The molecule has 0 radical (unpaired) electrons. The number of hydrogen-bond acceptors (Lipinski definition) is 6. The van der Waals surface area contributed by atoms with E-state index in [2.05, 4.69) is 20.8 Å². The Morgan fingerprint density at radius 3 is 2.53 bits per heavy atom. The molecule has 4 rings (SSSR count). The quantitative estimate of drug-likeness (QED) is 0.380. The van der Waals surface area contributed by atoms with Crippen LogP contribution in [0, 0.1) is 11.3 Å². The molecule has 0 unspecified atom stereocenters. The molecule has 176 valence electrons. The van der Waals surface area contributed by atoms with E-state index >= 15 is 0 Å². The monoisotopic (exact) mass is 475 g/mol. The van der Waals surface area contributed by atoms with E-state index < -0.39 is 0 Å². The van der Waals surface area contributed by atoms with Crippen LogP contribution >= 0.6 is 11.8 Å². The molecule has 0 N–H and O–H groups in total. The van der Waals surface area contributed by atoms with Crippen molar-refractivity contribution in [3.05, 3.63) is 54.6 Å². The van der Waals surface area contributed by atoms with Crippen LogP contribution in [0.1, 0.15) is 44.6 Å². The molecule has 0 bridgehead atoms. The molecule has 1 aliphatic carbocycles. The lowest BCUT2D eigenvalue weighted by Gasteiger charge is -2.26. The first-order valence-corrected chi connectivity index (χ1v) is 12.6. The van der Waals surface area contributed by atoms with E-state index in [1.165, 1.54) is 31.0 Å². The predicted octanol–water partition coefficient (Wildman–Crippen LogP) is 5.50. The molecule has 0 atom stereocenters. The Balaban J connectivity index is 1.57. The number of carbonyl (C=O) groups excluding carboxylic acids is 1. The standard InChI is InChI=1S/C26H29N5O2S/c1-33-23-15-13-20(14-16-23)25-28-29-26(31(25)22-11-6-3-7-12-22)34-19-24(32)30(18-8-17-27)21-9-4-2-5-10-21/h2,4-5,9-10,13-16,22H,3,6-8,11-12,18-19H2,1H3. The maximum Gasteiger partial charge on any atom is 0.237 e.